The molecule has 0 saturated heterocycles. The second kappa shape index (κ2) is 6.97. The van der Waals surface area contributed by atoms with Gasteiger partial charge < -0.3 is 9.97 Å². The van der Waals surface area contributed by atoms with E-state index in [9.17, 15) is 0 Å². The summed E-state index contributed by atoms with van der Waals surface area (Å²) in [5.41, 5.74) is 9.66. The van der Waals surface area contributed by atoms with E-state index in [0.717, 1.165) is 50.3 Å². The van der Waals surface area contributed by atoms with E-state index in [-0.39, 0.29) is 0 Å². The van der Waals surface area contributed by atoms with Gasteiger partial charge in [0, 0.05) is 28.3 Å². The van der Waals surface area contributed by atoms with Crippen LogP contribution in [0.2, 0.25) is 0 Å². The highest BCUT2D eigenvalue weighted by molar-refractivity contribution is 6.12. The van der Waals surface area contributed by atoms with Crippen LogP contribution in [0.3, 0.4) is 0 Å². The van der Waals surface area contributed by atoms with E-state index in [1.807, 2.05) is 25.3 Å². The quantitative estimate of drug-likeness (QED) is 0.827. The van der Waals surface area contributed by atoms with Crippen molar-refractivity contribution < 1.29 is 0 Å². The molecule has 0 radical (unpaired) electrons. The Labute approximate surface area is 164 Å². The zero-order valence-electron chi connectivity index (χ0n) is 16.7. The summed E-state index contributed by atoms with van der Waals surface area (Å²) in [6.07, 6.45) is 12.3. The topological polar surface area (TPSA) is 56.3 Å². The van der Waals surface area contributed by atoms with Crippen molar-refractivity contribution in [2.45, 2.75) is 27.7 Å². The number of nitrogens with zero attached hydrogens (tertiary/aromatic N) is 2. The summed E-state index contributed by atoms with van der Waals surface area (Å²) in [7, 11) is 0. The molecule has 2 N–H and O–H groups in total. The third kappa shape index (κ3) is 3.67. The minimum Gasteiger partial charge on any atom is -0.356 e. The molecule has 0 unspecified atom stereocenters. The number of hydrogen-bond donors (Lipinski definition) is 2. The van der Waals surface area contributed by atoms with Crippen molar-refractivity contribution in [2.75, 3.05) is 0 Å². The summed E-state index contributed by atoms with van der Waals surface area (Å²) in [5, 5.41) is 2.00. The fraction of sp³-hybridized carbons (Fsp3) is 0.167. The van der Waals surface area contributed by atoms with E-state index in [0.29, 0.717) is 0 Å². The molecule has 4 nitrogen and oxygen atoms in total. The van der Waals surface area contributed by atoms with Gasteiger partial charge in [-0.2, -0.15) is 0 Å². The summed E-state index contributed by atoms with van der Waals surface area (Å²) in [6.45, 7) is 12.3. The van der Waals surface area contributed by atoms with E-state index in [1.54, 1.807) is 0 Å². The molecule has 4 heteroatoms. The molecule has 28 heavy (non-hydrogen) atoms. The minimum absolute atomic E-state index is 0.925. The lowest BCUT2D eigenvalue weighted by atomic mass is 10.1. The van der Waals surface area contributed by atoms with Gasteiger partial charge in [-0.3, -0.25) is 4.99 Å². The van der Waals surface area contributed by atoms with Crippen LogP contribution in [0.4, 0.5) is 0 Å². The molecule has 0 spiro atoms. The highest BCUT2D eigenvalue weighted by Crippen LogP contribution is 2.23. The number of aromatic nitrogens is 2. The normalized spacial score (nSPS) is 19.7. The van der Waals surface area contributed by atoms with E-state index in [2.05, 4.69) is 72.7 Å². The SMILES string of the molecule is C=c1cc(C)c(=Cc2cc(C)c(C=C3C=C(C)C(C=C4C=C(C)C=N4)=N3)[nH]2)[nH]1. The van der Waals surface area contributed by atoms with Gasteiger partial charge in [-0.25, -0.2) is 4.99 Å². The van der Waals surface area contributed by atoms with Crippen LogP contribution in [0.5, 0.6) is 0 Å². The Hall–Kier alpha value is -3.40. The number of rotatable bonds is 3. The molecule has 0 aromatic carbocycles. The van der Waals surface area contributed by atoms with Gasteiger partial charge in [-0.1, -0.05) is 6.58 Å². The number of nitrogens with one attached hydrogen (secondary N) is 2. The minimum atomic E-state index is 0.925. The summed E-state index contributed by atoms with van der Waals surface area (Å²) in [5.74, 6) is 0. The Balaban J connectivity index is 1.64. The van der Waals surface area contributed by atoms with Crippen LogP contribution in [0.1, 0.15) is 36.4 Å². The summed E-state index contributed by atoms with van der Waals surface area (Å²) in [4.78, 5) is 15.9. The van der Waals surface area contributed by atoms with Crippen LogP contribution in [0, 0.1) is 13.8 Å². The van der Waals surface area contributed by atoms with Gasteiger partial charge in [0.05, 0.1) is 17.1 Å². The number of aryl methyl sites for hydroxylation is 2. The molecule has 0 bridgehead atoms. The van der Waals surface area contributed by atoms with Gasteiger partial charge in [-0.15, -0.1) is 0 Å². The first kappa shape index (κ1) is 18.0. The lowest BCUT2D eigenvalue weighted by Crippen LogP contribution is -2.09. The molecular formula is C24H24N4. The van der Waals surface area contributed by atoms with Crippen molar-refractivity contribution in [3.63, 3.8) is 0 Å². The van der Waals surface area contributed by atoms with Gasteiger partial charge in [0.2, 0.25) is 0 Å². The predicted molar refractivity (Wildman–Crippen MR) is 119 cm³/mol. The molecule has 0 fully saturated rings. The van der Waals surface area contributed by atoms with Gasteiger partial charge in [0.15, 0.2) is 0 Å². The smallest absolute Gasteiger partial charge is 0.0688 e. The van der Waals surface area contributed by atoms with Gasteiger partial charge in [0.1, 0.15) is 0 Å². The first-order valence-electron chi connectivity index (χ1n) is 9.36. The third-order valence-corrected chi connectivity index (χ3v) is 4.87. The molecule has 140 valence electrons. The lowest BCUT2D eigenvalue weighted by molar-refractivity contribution is 1.24. The fourth-order valence-electron chi connectivity index (χ4n) is 3.41. The Morgan fingerprint density at radius 3 is 2.39 bits per heavy atom. The number of hydrogen-bond acceptors (Lipinski definition) is 2. The summed E-state index contributed by atoms with van der Waals surface area (Å²) < 4.78 is 0. The largest absolute Gasteiger partial charge is 0.356 e. The Morgan fingerprint density at radius 2 is 1.71 bits per heavy atom. The standard InChI is InChI=1S/C24H24N4/c1-14-6-19(25-13-14)10-23-16(3)8-21(27-23)12-24-17(4)9-20(28-24)11-22-15(2)7-18(5)26-22/h6-13,26,28H,5H2,1-4H3. The van der Waals surface area contributed by atoms with Crippen LogP contribution in [0.25, 0.3) is 18.7 Å². The van der Waals surface area contributed by atoms with E-state index in [4.69, 9.17) is 4.99 Å². The van der Waals surface area contributed by atoms with Crippen LogP contribution < -0.4 is 10.7 Å². The highest BCUT2D eigenvalue weighted by Gasteiger charge is 2.12. The number of H-pyrrole nitrogens is 2. The highest BCUT2D eigenvalue weighted by atomic mass is 14.8. The van der Waals surface area contributed by atoms with Crippen LogP contribution in [0.15, 0.2) is 62.9 Å². The zero-order chi connectivity index (χ0) is 19.8. The molecule has 0 saturated carbocycles. The van der Waals surface area contributed by atoms with Crippen molar-refractivity contribution in [3.05, 3.63) is 86.1 Å². The van der Waals surface area contributed by atoms with Crippen LogP contribution in [-0.2, 0) is 0 Å². The molecule has 2 aromatic heterocycles. The van der Waals surface area contributed by atoms with E-state index >= 15 is 0 Å². The van der Waals surface area contributed by atoms with Crippen molar-refractivity contribution in [3.8, 4) is 0 Å². The third-order valence-electron chi connectivity index (χ3n) is 4.87. The van der Waals surface area contributed by atoms with Gasteiger partial charge >= 0.3 is 0 Å². The molecule has 0 atom stereocenters. The summed E-state index contributed by atoms with van der Waals surface area (Å²) >= 11 is 0. The Kier molecular flexibility index (Phi) is 4.47. The van der Waals surface area contributed by atoms with E-state index in [1.165, 1.54) is 11.1 Å². The second-order valence-corrected chi connectivity index (χ2v) is 7.47. The van der Waals surface area contributed by atoms with Crippen molar-refractivity contribution in [1.29, 1.82) is 0 Å². The maximum absolute atomic E-state index is 4.77. The number of aromatic amines is 2. The maximum atomic E-state index is 4.77. The van der Waals surface area contributed by atoms with Crippen molar-refractivity contribution in [2.24, 2.45) is 9.98 Å². The molecule has 0 aliphatic carbocycles. The first-order chi connectivity index (χ1) is 13.4. The van der Waals surface area contributed by atoms with Crippen LogP contribution >= 0.6 is 0 Å². The number of aliphatic imine (C=N–C) groups is 2. The fourth-order valence-corrected chi connectivity index (χ4v) is 3.41. The molecular weight excluding hydrogens is 344 g/mol. The molecule has 4 rings (SSSR count). The predicted octanol–water partition coefficient (Wildman–Crippen LogP) is 3.86. The van der Waals surface area contributed by atoms with Crippen molar-refractivity contribution in [1.82, 2.24) is 9.97 Å². The molecule has 0 amide bonds. The monoisotopic (exact) mass is 368 g/mol. The van der Waals surface area contributed by atoms with Gasteiger partial charge in [0.25, 0.3) is 0 Å². The Bertz CT molecular complexity index is 1250. The van der Waals surface area contributed by atoms with Crippen molar-refractivity contribution >= 4 is 30.7 Å². The average Bonchev–Trinajstić information content (AvgIpc) is 3.34. The maximum Gasteiger partial charge on any atom is 0.0688 e. The first-order valence-corrected chi connectivity index (χ1v) is 9.36. The second-order valence-electron chi connectivity index (χ2n) is 7.47. The lowest BCUT2D eigenvalue weighted by Gasteiger charge is -1.94. The molecule has 4 heterocycles. The van der Waals surface area contributed by atoms with Gasteiger partial charge in [-0.05, 0) is 92.5 Å². The molecule has 2 aliphatic heterocycles. The zero-order valence-corrected chi connectivity index (χ0v) is 16.7. The van der Waals surface area contributed by atoms with Crippen LogP contribution in [-0.4, -0.2) is 21.9 Å². The van der Waals surface area contributed by atoms with E-state index < -0.39 is 0 Å². The molecule has 2 aromatic rings. The average molecular weight is 368 g/mol. The number of allylic oxidation sites excluding steroid dienone is 5. The molecule has 2 aliphatic rings. The Morgan fingerprint density at radius 1 is 0.893 bits per heavy atom. The summed E-state index contributed by atoms with van der Waals surface area (Å²) in [6, 6.07) is 4.20.